The van der Waals surface area contributed by atoms with Crippen LogP contribution in [0.2, 0.25) is 0 Å². The van der Waals surface area contributed by atoms with Gasteiger partial charge in [-0.3, -0.25) is 19.4 Å². The summed E-state index contributed by atoms with van der Waals surface area (Å²) in [4.78, 5) is 20.0. The van der Waals surface area contributed by atoms with Crippen molar-refractivity contribution in [3.8, 4) is 16.9 Å². The summed E-state index contributed by atoms with van der Waals surface area (Å²) in [6, 6.07) is 10.7. The van der Waals surface area contributed by atoms with Crippen molar-refractivity contribution in [2.24, 2.45) is 7.05 Å². The third kappa shape index (κ3) is 6.12. The van der Waals surface area contributed by atoms with Gasteiger partial charge in [-0.1, -0.05) is 6.07 Å². The number of hydrogen-bond donors (Lipinski definition) is 0. The van der Waals surface area contributed by atoms with Crippen LogP contribution in [0, 0.1) is 11.6 Å². The van der Waals surface area contributed by atoms with Crippen LogP contribution in [0.3, 0.4) is 0 Å². The maximum absolute atomic E-state index is 14.4. The molecule has 0 amide bonds. The Kier molecular flexibility index (Phi) is 7.86. The molecule has 0 unspecified atom stereocenters. The number of ketones is 1. The van der Waals surface area contributed by atoms with E-state index < -0.39 is 11.6 Å². The van der Waals surface area contributed by atoms with Gasteiger partial charge in [0.05, 0.1) is 25.0 Å². The summed E-state index contributed by atoms with van der Waals surface area (Å²) in [5.41, 5.74) is 4.05. The molecule has 5 rings (SSSR count). The van der Waals surface area contributed by atoms with E-state index in [1.165, 1.54) is 12.1 Å². The van der Waals surface area contributed by atoms with Crippen LogP contribution < -0.4 is 4.74 Å². The molecule has 0 spiro atoms. The number of aryl methyl sites for hydroxylation is 1. The first-order chi connectivity index (χ1) is 18.5. The Hall–Kier alpha value is -3.95. The quantitative estimate of drug-likeness (QED) is 0.302. The Bertz CT molecular complexity index is 1420. The molecule has 3 heterocycles. The van der Waals surface area contributed by atoms with E-state index in [2.05, 4.69) is 15.0 Å². The fraction of sp³-hybridized carbons (Fsp3) is 0.276. The highest BCUT2D eigenvalue weighted by Gasteiger charge is 2.22. The SMILES string of the molecule is Cn1cc(-c2cc(C(=O)Cc3cccnc3)c(OCc3ccc(F)cc3F)cc2CN2CCOCC2)cn1. The van der Waals surface area contributed by atoms with E-state index in [0.717, 1.165) is 41.4 Å². The molecule has 0 bridgehead atoms. The number of rotatable bonds is 9. The van der Waals surface area contributed by atoms with Crippen molar-refractivity contribution in [2.75, 3.05) is 26.3 Å². The Morgan fingerprint density at radius 3 is 2.63 bits per heavy atom. The highest BCUT2D eigenvalue weighted by molar-refractivity contribution is 6.01. The molecule has 1 saturated heterocycles. The fourth-order valence-corrected chi connectivity index (χ4v) is 4.50. The predicted octanol–water partition coefficient (Wildman–Crippen LogP) is 4.60. The molecule has 4 aromatic rings. The van der Waals surface area contributed by atoms with E-state index in [1.54, 1.807) is 29.3 Å². The van der Waals surface area contributed by atoms with Crippen LogP contribution >= 0.6 is 0 Å². The lowest BCUT2D eigenvalue weighted by Crippen LogP contribution is -2.35. The van der Waals surface area contributed by atoms with Gasteiger partial charge in [0.2, 0.25) is 0 Å². The second kappa shape index (κ2) is 11.6. The van der Waals surface area contributed by atoms with Crippen LogP contribution in [0.25, 0.3) is 11.1 Å². The lowest BCUT2D eigenvalue weighted by molar-refractivity contribution is 0.0342. The van der Waals surface area contributed by atoms with Crippen LogP contribution in [-0.4, -0.2) is 51.8 Å². The molecule has 0 aliphatic carbocycles. The third-order valence-corrected chi connectivity index (χ3v) is 6.51. The average molecular weight is 519 g/mol. The van der Waals surface area contributed by atoms with E-state index >= 15 is 0 Å². The molecule has 0 saturated carbocycles. The van der Waals surface area contributed by atoms with E-state index in [0.29, 0.717) is 31.1 Å². The van der Waals surface area contributed by atoms with Crippen molar-refractivity contribution in [1.29, 1.82) is 0 Å². The minimum atomic E-state index is -0.700. The van der Waals surface area contributed by atoms with Crippen LogP contribution in [0.15, 0.2) is 67.3 Å². The summed E-state index contributed by atoms with van der Waals surface area (Å²) in [5, 5.41) is 4.32. The maximum Gasteiger partial charge on any atom is 0.171 e. The monoisotopic (exact) mass is 518 g/mol. The molecule has 1 aliphatic rings. The zero-order chi connectivity index (χ0) is 26.5. The second-order valence-corrected chi connectivity index (χ2v) is 9.28. The number of pyridine rings is 1. The van der Waals surface area contributed by atoms with Gasteiger partial charge in [0.15, 0.2) is 5.78 Å². The standard InChI is InChI=1S/C29H28F2N4O3/c1-34-17-23(16-33-34)25-14-26(28(36)11-20-3-2-6-32-15-20)29(12-22(25)18-35-7-9-37-10-8-35)38-19-21-4-5-24(30)13-27(21)31/h2-6,12-17H,7-11,18-19H2,1H3. The summed E-state index contributed by atoms with van der Waals surface area (Å²) >= 11 is 0. The first-order valence-electron chi connectivity index (χ1n) is 12.4. The predicted molar refractivity (Wildman–Crippen MR) is 138 cm³/mol. The molecule has 1 aliphatic heterocycles. The molecule has 0 N–H and O–H groups in total. The van der Waals surface area contributed by atoms with Crippen molar-refractivity contribution in [3.63, 3.8) is 0 Å². The smallest absolute Gasteiger partial charge is 0.171 e. The maximum atomic E-state index is 14.4. The molecule has 9 heteroatoms. The van der Waals surface area contributed by atoms with Gasteiger partial charge >= 0.3 is 0 Å². The van der Waals surface area contributed by atoms with Crippen LogP contribution in [0.5, 0.6) is 5.75 Å². The Balaban J connectivity index is 1.55. The van der Waals surface area contributed by atoms with Gasteiger partial charge in [-0.2, -0.15) is 5.10 Å². The van der Waals surface area contributed by atoms with E-state index in [1.807, 2.05) is 31.4 Å². The Morgan fingerprint density at radius 1 is 1.08 bits per heavy atom. The van der Waals surface area contributed by atoms with Gasteiger partial charge in [0.25, 0.3) is 0 Å². The summed E-state index contributed by atoms with van der Waals surface area (Å²) in [7, 11) is 1.84. The minimum Gasteiger partial charge on any atom is -0.488 e. The number of hydrogen-bond acceptors (Lipinski definition) is 6. The van der Waals surface area contributed by atoms with E-state index in [9.17, 15) is 13.6 Å². The van der Waals surface area contributed by atoms with Gasteiger partial charge in [-0.05, 0) is 47.0 Å². The number of halogens is 2. The molecule has 196 valence electrons. The molecule has 1 fully saturated rings. The number of carbonyl (C=O) groups excluding carboxylic acids is 1. The van der Waals surface area contributed by atoms with Crippen molar-refractivity contribution in [3.05, 3.63) is 101 Å². The van der Waals surface area contributed by atoms with E-state index in [4.69, 9.17) is 9.47 Å². The van der Waals surface area contributed by atoms with Crippen LogP contribution in [0.4, 0.5) is 8.78 Å². The average Bonchev–Trinajstić information content (AvgIpc) is 3.35. The lowest BCUT2D eigenvalue weighted by Gasteiger charge is -2.28. The van der Waals surface area contributed by atoms with Crippen molar-refractivity contribution >= 4 is 5.78 Å². The summed E-state index contributed by atoms with van der Waals surface area (Å²) in [6.45, 7) is 3.33. The van der Waals surface area contributed by atoms with Crippen molar-refractivity contribution in [2.45, 2.75) is 19.6 Å². The number of Topliss-reactive ketones (excluding diaryl/α,β-unsaturated/α-hetero) is 1. The zero-order valence-corrected chi connectivity index (χ0v) is 21.1. The van der Waals surface area contributed by atoms with Gasteiger partial charge < -0.3 is 9.47 Å². The molecule has 7 nitrogen and oxygen atoms in total. The molecule has 0 radical (unpaired) electrons. The molecular weight excluding hydrogens is 490 g/mol. The van der Waals surface area contributed by atoms with Gasteiger partial charge in [-0.15, -0.1) is 0 Å². The highest BCUT2D eigenvalue weighted by Crippen LogP contribution is 2.33. The third-order valence-electron chi connectivity index (χ3n) is 6.51. The lowest BCUT2D eigenvalue weighted by atomic mass is 9.94. The largest absolute Gasteiger partial charge is 0.488 e. The zero-order valence-electron chi connectivity index (χ0n) is 21.1. The van der Waals surface area contributed by atoms with Crippen LogP contribution in [0.1, 0.15) is 27.0 Å². The number of nitrogens with zero attached hydrogens (tertiary/aromatic N) is 4. The molecular formula is C29H28F2N4O3. The number of morpholine rings is 1. The van der Waals surface area contributed by atoms with Gasteiger partial charge in [0.1, 0.15) is 24.0 Å². The van der Waals surface area contributed by atoms with Gasteiger partial charge in [0, 0.05) is 68.9 Å². The normalized spacial score (nSPS) is 14.0. The van der Waals surface area contributed by atoms with Gasteiger partial charge in [-0.25, -0.2) is 8.78 Å². The first-order valence-corrected chi connectivity index (χ1v) is 12.4. The van der Waals surface area contributed by atoms with Crippen molar-refractivity contribution < 1.29 is 23.0 Å². The fourth-order valence-electron chi connectivity index (χ4n) is 4.50. The summed E-state index contributed by atoms with van der Waals surface area (Å²) < 4.78 is 41.1. The Labute approximate surface area is 219 Å². The number of carbonyl (C=O) groups is 1. The number of ether oxygens (including phenoxy) is 2. The highest BCUT2D eigenvalue weighted by atomic mass is 19.1. The molecule has 2 aromatic carbocycles. The minimum absolute atomic E-state index is 0.129. The van der Waals surface area contributed by atoms with Crippen molar-refractivity contribution in [1.82, 2.24) is 19.7 Å². The summed E-state index contributed by atoms with van der Waals surface area (Å²) in [5.74, 6) is -1.17. The summed E-state index contributed by atoms with van der Waals surface area (Å²) in [6.07, 6.45) is 7.11. The number of benzene rings is 2. The first kappa shape index (κ1) is 25.7. The second-order valence-electron chi connectivity index (χ2n) is 9.28. The molecule has 0 atom stereocenters. The Morgan fingerprint density at radius 2 is 1.92 bits per heavy atom. The van der Waals surface area contributed by atoms with E-state index in [-0.39, 0.29) is 24.4 Å². The molecule has 2 aromatic heterocycles. The van der Waals surface area contributed by atoms with Crippen LogP contribution in [-0.2, 0) is 31.4 Å². The molecule has 38 heavy (non-hydrogen) atoms. The number of aromatic nitrogens is 3. The topological polar surface area (TPSA) is 69.5 Å².